The molecule has 0 radical (unpaired) electrons. The van der Waals surface area contributed by atoms with E-state index in [1.807, 2.05) is 0 Å². The van der Waals surface area contributed by atoms with Crippen molar-refractivity contribution in [2.45, 2.75) is 20.7 Å². The van der Waals surface area contributed by atoms with Crippen molar-refractivity contribution < 1.29 is 13.2 Å². The molecule has 0 N–H and O–H groups in total. The maximum absolute atomic E-state index is 12.1. The number of hydrogen-bond donors (Lipinski definition) is 0. The van der Waals surface area contributed by atoms with Crippen LogP contribution in [0.4, 0.5) is 13.2 Å². The lowest BCUT2D eigenvalue weighted by molar-refractivity contribution is -0.135. The highest BCUT2D eigenvalue weighted by atomic mass is 79.9. The summed E-state index contributed by atoms with van der Waals surface area (Å²) in [4.78, 5) is 0. The molecule has 0 aliphatic heterocycles. The van der Waals surface area contributed by atoms with Crippen molar-refractivity contribution in [3.8, 4) is 0 Å². The Morgan fingerprint density at radius 1 is 1.09 bits per heavy atom. The molecule has 0 fully saturated rings. The SMILES string of the molecule is CC(Cl)(Cl)C(Br)(Br)C(F)(F)F. The van der Waals surface area contributed by atoms with Crippen LogP contribution in [0.15, 0.2) is 0 Å². The van der Waals surface area contributed by atoms with Gasteiger partial charge in [-0.15, -0.1) is 0 Å². The molecule has 0 nitrogen and oxygen atoms in total. The second kappa shape index (κ2) is 3.24. The third kappa shape index (κ3) is 2.64. The summed E-state index contributed by atoms with van der Waals surface area (Å²) in [6.45, 7) is 1.03. The lowest BCUT2D eigenvalue weighted by Gasteiger charge is -2.31. The van der Waals surface area contributed by atoms with E-state index in [1.165, 1.54) is 0 Å². The third-order valence-corrected chi connectivity index (χ3v) is 4.87. The molecule has 0 heterocycles. The molecule has 0 aliphatic carbocycles. The lowest BCUT2D eigenvalue weighted by Crippen LogP contribution is -2.45. The Labute approximate surface area is 88.7 Å². The summed E-state index contributed by atoms with van der Waals surface area (Å²) >= 11 is 15.2. The minimum Gasteiger partial charge on any atom is -0.168 e. The van der Waals surface area contributed by atoms with Crippen molar-refractivity contribution >= 4 is 55.1 Å². The summed E-state index contributed by atoms with van der Waals surface area (Å²) in [7, 11) is 0. The van der Waals surface area contributed by atoms with Gasteiger partial charge in [-0.1, -0.05) is 55.1 Å². The van der Waals surface area contributed by atoms with Gasteiger partial charge in [-0.25, -0.2) is 0 Å². The molecule has 0 aromatic carbocycles. The quantitative estimate of drug-likeness (QED) is 0.628. The first-order chi connectivity index (χ1) is 4.50. The first-order valence-corrected chi connectivity index (χ1v) is 4.66. The first-order valence-electron chi connectivity index (χ1n) is 2.32. The number of rotatable bonds is 1. The highest BCUT2D eigenvalue weighted by molar-refractivity contribution is 9.25. The summed E-state index contributed by atoms with van der Waals surface area (Å²) in [5.74, 6) is 0. The zero-order valence-corrected chi connectivity index (χ0v) is 9.83. The highest BCUT2D eigenvalue weighted by Crippen LogP contribution is 2.54. The van der Waals surface area contributed by atoms with Crippen molar-refractivity contribution in [1.82, 2.24) is 0 Å². The van der Waals surface area contributed by atoms with Crippen molar-refractivity contribution in [3.63, 3.8) is 0 Å². The fourth-order valence-electron chi connectivity index (χ4n) is 0.249. The Morgan fingerprint density at radius 2 is 1.36 bits per heavy atom. The van der Waals surface area contributed by atoms with Gasteiger partial charge in [0.05, 0.1) is 0 Å². The van der Waals surface area contributed by atoms with Crippen LogP contribution in [0.25, 0.3) is 0 Å². The Bertz CT molecular complexity index is 132. The molecule has 0 spiro atoms. The smallest absolute Gasteiger partial charge is 0.168 e. The summed E-state index contributed by atoms with van der Waals surface area (Å²) in [5, 5.41) is 0. The van der Waals surface area contributed by atoms with E-state index in [-0.39, 0.29) is 0 Å². The molecule has 0 atom stereocenters. The normalized spacial score (nSPS) is 15.3. The maximum atomic E-state index is 12.1. The van der Waals surface area contributed by atoms with Gasteiger partial charge in [0.15, 0.2) is 0 Å². The predicted molar refractivity (Wildman–Crippen MR) is 46.8 cm³/mol. The molecule has 0 bridgehead atoms. The second-order valence-corrected chi connectivity index (χ2v) is 7.11. The van der Waals surface area contributed by atoms with Gasteiger partial charge in [0.1, 0.15) is 4.33 Å². The molecule has 0 aliphatic rings. The maximum Gasteiger partial charge on any atom is 0.416 e. The van der Waals surface area contributed by atoms with E-state index >= 15 is 0 Å². The summed E-state index contributed by atoms with van der Waals surface area (Å²) < 4.78 is 31.8. The topological polar surface area (TPSA) is 0 Å². The van der Waals surface area contributed by atoms with Crippen LogP contribution in [-0.4, -0.2) is 13.7 Å². The van der Waals surface area contributed by atoms with Gasteiger partial charge >= 0.3 is 6.18 Å². The summed E-state index contributed by atoms with van der Waals surface area (Å²) in [6, 6.07) is 0. The lowest BCUT2D eigenvalue weighted by atomic mass is 10.3. The van der Waals surface area contributed by atoms with Crippen LogP contribution in [0.2, 0.25) is 0 Å². The van der Waals surface area contributed by atoms with Crippen LogP contribution in [0.5, 0.6) is 0 Å². The number of alkyl halides is 7. The van der Waals surface area contributed by atoms with Gasteiger partial charge < -0.3 is 0 Å². The van der Waals surface area contributed by atoms with Crippen LogP contribution in [0, 0.1) is 0 Å². The van der Waals surface area contributed by atoms with Gasteiger partial charge in [-0.3, -0.25) is 0 Å². The molecule has 7 heteroatoms. The molecule has 0 aromatic rings. The Morgan fingerprint density at radius 3 is 1.36 bits per heavy atom. The van der Waals surface area contributed by atoms with Gasteiger partial charge in [-0.2, -0.15) is 13.2 Å². The van der Waals surface area contributed by atoms with E-state index in [0.29, 0.717) is 0 Å². The van der Waals surface area contributed by atoms with E-state index in [2.05, 4.69) is 31.9 Å². The van der Waals surface area contributed by atoms with E-state index < -0.39 is 13.7 Å². The number of halogens is 7. The molecule has 0 aromatic heterocycles. The average Bonchev–Trinajstić information content (AvgIpc) is 1.58. The van der Waals surface area contributed by atoms with Crippen molar-refractivity contribution in [2.75, 3.05) is 0 Å². The Kier molecular flexibility index (Phi) is 3.63. The van der Waals surface area contributed by atoms with Gasteiger partial charge in [0.2, 0.25) is 3.23 Å². The first kappa shape index (κ1) is 12.3. The molecule has 0 amide bonds. The minimum absolute atomic E-state index is 1.03. The molecule has 0 saturated carbocycles. The van der Waals surface area contributed by atoms with Crippen LogP contribution in [0.3, 0.4) is 0 Å². The Balaban J connectivity index is 4.75. The van der Waals surface area contributed by atoms with Crippen molar-refractivity contribution in [1.29, 1.82) is 0 Å². The molecule has 0 unspecified atom stereocenters. The molecular weight excluding hydrogens is 336 g/mol. The van der Waals surface area contributed by atoms with E-state index in [4.69, 9.17) is 23.2 Å². The molecule has 11 heavy (non-hydrogen) atoms. The van der Waals surface area contributed by atoms with Gasteiger partial charge in [0.25, 0.3) is 0 Å². The second-order valence-electron chi connectivity index (χ2n) is 1.96. The molecular formula is C4H3Br2Cl2F3. The highest BCUT2D eigenvalue weighted by Gasteiger charge is 2.61. The van der Waals surface area contributed by atoms with Crippen molar-refractivity contribution in [3.05, 3.63) is 0 Å². The van der Waals surface area contributed by atoms with E-state index in [9.17, 15) is 13.2 Å². The van der Waals surface area contributed by atoms with Crippen molar-refractivity contribution in [2.24, 2.45) is 0 Å². The molecule has 0 rings (SSSR count). The van der Waals surface area contributed by atoms with Crippen LogP contribution in [-0.2, 0) is 0 Å². The summed E-state index contributed by atoms with van der Waals surface area (Å²) in [6.07, 6.45) is -4.55. The monoisotopic (exact) mass is 336 g/mol. The standard InChI is InChI=1S/C4H3Br2Cl2F3/c1-2(7,8)3(5,6)4(9,10)11/h1H3. The minimum atomic E-state index is -4.55. The van der Waals surface area contributed by atoms with Crippen LogP contribution < -0.4 is 0 Å². The molecule has 68 valence electrons. The predicted octanol–water partition coefficient (Wildman–Crippen LogP) is 4.23. The van der Waals surface area contributed by atoms with Crippen LogP contribution >= 0.6 is 55.1 Å². The zero-order valence-electron chi connectivity index (χ0n) is 5.15. The Hall–Kier alpha value is 1.33. The fraction of sp³-hybridized carbons (Fsp3) is 1.00. The van der Waals surface area contributed by atoms with Crippen LogP contribution in [0.1, 0.15) is 6.92 Å². The zero-order chi connectivity index (χ0) is 9.50. The van der Waals surface area contributed by atoms with E-state index in [1.54, 1.807) is 0 Å². The average molecular weight is 339 g/mol. The largest absolute Gasteiger partial charge is 0.416 e. The van der Waals surface area contributed by atoms with E-state index in [0.717, 1.165) is 6.92 Å². The third-order valence-electron chi connectivity index (χ3n) is 0.907. The summed E-state index contributed by atoms with van der Waals surface area (Å²) in [5.41, 5.74) is 0. The van der Waals surface area contributed by atoms with Gasteiger partial charge in [0, 0.05) is 0 Å². The van der Waals surface area contributed by atoms with Gasteiger partial charge in [-0.05, 0) is 6.92 Å². The fourth-order valence-corrected chi connectivity index (χ4v) is 0.463. The number of hydrogen-bond acceptors (Lipinski definition) is 0. The molecule has 0 saturated heterocycles.